The van der Waals surface area contributed by atoms with Gasteiger partial charge in [0.15, 0.2) is 5.82 Å². The lowest BCUT2D eigenvalue weighted by molar-refractivity contribution is 0.333. The van der Waals surface area contributed by atoms with Crippen LogP contribution in [0.5, 0.6) is 0 Å². The highest BCUT2D eigenvalue weighted by molar-refractivity contribution is 5.86. The SMILES string of the molecule is C[C@@H]1CN(c2ccc(C#N)n3ncc(F)c23)Cc2c3ccc(N4C[C@@H](F)[C@@H](N)C4)cc3nn21. The van der Waals surface area contributed by atoms with Crippen LogP contribution in [0, 0.1) is 17.1 Å². The molecule has 8 nitrogen and oxygen atoms in total. The highest BCUT2D eigenvalue weighted by Gasteiger charge is 2.31. The fourth-order valence-corrected chi connectivity index (χ4v) is 5.08. The van der Waals surface area contributed by atoms with Gasteiger partial charge in [0, 0.05) is 24.2 Å². The molecular weight excluding hydrogens is 426 g/mol. The van der Waals surface area contributed by atoms with Crippen LogP contribution in [0.1, 0.15) is 24.4 Å². The van der Waals surface area contributed by atoms with Crippen LogP contribution >= 0.6 is 0 Å². The molecule has 5 heterocycles. The second-order valence-electron chi connectivity index (χ2n) is 8.88. The van der Waals surface area contributed by atoms with E-state index in [2.05, 4.69) is 23.0 Å². The summed E-state index contributed by atoms with van der Waals surface area (Å²) < 4.78 is 31.9. The summed E-state index contributed by atoms with van der Waals surface area (Å²) in [5.41, 5.74) is 9.90. The quantitative estimate of drug-likeness (QED) is 0.507. The van der Waals surface area contributed by atoms with Crippen LogP contribution in [-0.2, 0) is 6.54 Å². The van der Waals surface area contributed by atoms with Crippen molar-refractivity contribution in [3.8, 4) is 6.07 Å². The second kappa shape index (κ2) is 7.15. The van der Waals surface area contributed by atoms with Crippen molar-refractivity contribution in [1.29, 1.82) is 5.26 Å². The second-order valence-corrected chi connectivity index (χ2v) is 8.88. The van der Waals surface area contributed by atoms with Gasteiger partial charge in [-0.2, -0.15) is 15.5 Å². The molecule has 1 saturated heterocycles. The molecule has 1 fully saturated rings. The minimum atomic E-state index is -1.03. The van der Waals surface area contributed by atoms with E-state index >= 15 is 0 Å². The molecule has 0 amide bonds. The van der Waals surface area contributed by atoms with Gasteiger partial charge < -0.3 is 15.5 Å². The van der Waals surface area contributed by atoms with Crippen molar-refractivity contribution in [1.82, 2.24) is 19.4 Å². The molecule has 6 rings (SSSR count). The van der Waals surface area contributed by atoms with Gasteiger partial charge in [-0.15, -0.1) is 0 Å². The number of nitriles is 1. The van der Waals surface area contributed by atoms with E-state index in [-0.39, 0.29) is 18.3 Å². The third-order valence-corrected chi connectivity index (χ3v) is 6.73. The molecule has 2 aliphatic rings. The largest absolute Gasteiger partial charge is 0.367 e. The number of hydrogen-bond acceptors (Lipinski definition) is 6. The third-order valence-electron chi connectivity index (χ3n) is 6.73. The fraction of sp³-hybridized carbons (Fsp3) is 0.348. The Kier molecular flexibility index (Phi) is 4.32. The monoisotopic (exact) mass is 448 g/mol. The maximum Gasteiger partial charge on any atom is 0.171 e. The average Bonchev–Trinajstić information content (AvgIpc) is 3.48. The summed E-state index contributed by atoms with van der Waals surface area (Å²) in [4.78, 5) is 4.06. The molecule has 33 heavy (non-hydrogen) atoms. The molecule has 0 unspecified atom stereocenters. The smallest absolute Gasteiger partial charge is 0.171 e. The first-order valence-electron chi connectivity index (χ1n) is 10.9. The van der Waals surface area contributed by atoms with Crippen LogP contribution < -0.4 is 15.5 Å². The number of benzene rings is 1. The topological polar surface area (TPSA) is 91.4 Å². The van der Waals surface area contributed by atoms with E-state index in [0.717, 1.165) is 28.5 Å². The highest BCUT2D eigenvalue weighted by Crippen LogP contribution is 2.35. The van der Waals surface area contributed by atoms with E-state index in [1.807, 2.05) is 27.8 Å². The normalized spacial score (nSPS) is 22.8. The Bertz CT molecular complexity index is 1420. The molecule has 3 aromatic heterocycles. The Hall–Kier alpha value is -3.71. The summed E-state index contributed by atoms with van der Waals surface area (Å²) in [6.07, 6.45) is 0.109. The zero-order valence-corrected chi connectivity index (χ0v) is 18.0. The molecule has 4 aromatic rings. The summed E-state index contributed by atoms with van der Waals surface area (Å²) in [5, 5.41) is 19.2. The molecule has 1 aromatic carbocycles. The number of nitrogens with two attached hydrogens (primary N) is 1. The van der Waals surface area contributed by atoms with Gasteiger partial charge in [-0.3, -0.25) is 4.68 Å². The van der Waals surface area contributed by atoms with Crippen molar-refractivity contribution in [3.63, 3.8) is 0 Å². The zero-order chi connectivity index (χ0) is 22.9. The van der Waals surface area contributed by atoms with Crippen LogP contribution in [-0.4, -0.2) is 51.2 Å². The summed E-state index contributed by atoms with van der Waals surface area (Å²) in [6, 6.07) is 11.1. The molecule has 3 atom stereocenters. The molecule has 0 radical (unpaired) electrons. The Morgan fingerprint density at radius 3 is 2.76 bits per heavy atom. The molecule has 0 spiro atoms. The molecule has 0 aliphatic carbocycles. The lowest BCUT2D eigenvalue weighted by Crippen LogP contribution is -2.36. The number of anilines is 2. The summed E-state index contributed by atoms with van der Waals surface area (Å²) >= 11 is 0. The number of aromatic nitrogens is 4. The van der Waals surface area contributed by atoms with E-state index in [0.29, 0.717) is 30.8 Å². The van der Waals surface area contributed by atoms with Gasteiger partial charge in [0.1, 0.15) is 23.5 Å². The standard InChI is InChI=1S/C23H22F2N8/c1-13-9-31(21-5-3-15(7-26)33-23(21)17(24)8-28-33)12-22-16-4-2-14(6-20(16)29-32(13)22)30-10-18(25)19(27)11-30/h2-6,8,13,18-19H,9-12,27H2,1H3/t13-,18-,19+/m1/s1. The van der Waals surface area contributed by atoms with Gasteiger partial charge in [-0.25, -0.2) is 13.3 Å². The van der Waals surface area contributed by atoms with E-state index in [1.165, 1.54) is 4.52 Å². The minimum absolute atomic E-state index is 0.0432. The maximum atomic E-state index is 14.6. The first-order valence-corrected chi connectivity index (χ1v) is 10.9. The van der Waals surface area contributed by atoms with Crippen molar-refractivity contribution in [2.75, 3.05) is 29.4 Å². The Labute approximate surface area is 188 Å². The van der Waals surface area contributed by atoms with Crippen LogP contribution in [0.3, 0.4) is 0 Å². The maximum absolute atomic E-state index is 14.6. The number of halogens is 2. The Morgan fingerprint density at radius 1 is 1.15 bits per heavy atom. The first kappa shape index (κ1) is 19.9. The van der Waals surface area contributed by atoms with Crippen LogP contribution in [0.15, 0.2) is 36.5 Å². The van der Waals surface area contributed by atoms with Crippen LogP contribution in [0.2, 0.25) is 0 Å². The lowest BCUT2D eigenvalue weighted by Gasteiger charge is -2.34. The summed E-state index contributed by atoms with van der Waals surface area (Å²) in [6.45, 7) is 4.01. The van der Waals surface area contributed by atoms with Crippen molar-refractivity contribution in [2.45, 2.75) is 31.7 Å². The lowest BCUT2D eigenvalue weighted by atomic mass is 10.1. The number of pyridine rings is 1. The Balaban J connectivity index is 1.40. The van der Waals surface area contributed by atoms with Crippen molar-refractivity contribution >= 4 is 27.8 Å². The van der Waals surface area contributed by atoms with Gasteiger partial charge in [-0.1, -0.05) is 0 Å². The number of fused-ring (bicyclic) bond motifs is 4. The molecule has 2 N–H and O–H groups in total. The molecule has 10 heteroatoms. The number of hydrogen-bond donors (Lipinski definition) is 1. The molecule has 168 valence electrons. The fourth-order valence-electron chi connectivity index (χ4n) is 5.08. The van der Waals surface area contributed by atoms with Crippen molar-refractivity contribution < 1.29 is 8.78 Å². The van der Waals surface area contributed by atoms with E-state index in [1.54, 1.807) is 12.1 Å². The number of alkyl halides is 1. The predicted octanol–water partition coefficient (Wildman–Crippen LogP) is 2.76. The predicted molar refractivity (Wildman–Crippen MR) is 120 cm³/mol. The third kappa shape index (κ3) is 2.96. The van der Waals surface area contributed by atoms with Gasteiger partial charge in [0.05, 0.1) is 48.3 Å². The van der Waals surface area contributed by atoms with Gasteiger partial charge in [0.2, 0.25) is 0 Å². The van der Waals surface area contributed by atoms with Crippen LogP contribution in [0.25, 0.3) is 16.4 Å². The first-order chi connectivity index (χ1) is 15.9. The van der Waals surface area contributed by atoms with Gasteiger partial charge in [0.25, 0.3) is 0 Å². The number of rotatable bonds is 2. The Morgan fingerprint density at radius 2 is 2.00 bits per heavy atom. The van der Waals surface area contributed by atoms with Crippen molar-refractivity contribution in [2.24, 2.45) is 5.73 Å². The molecule has 2 aliphatic heterocycles. The molecule has 0 saturated carbocycles. The van der Waals surface area contributed by atoms with Gasteiger partial charge in [-0.05, 0) is 37.3 Å². The van der Waals surface area contributed by atoms with Crippen LogP contribution in [0.4, 0.5) is 20.2 Å². The molecular formula is C23H22F2N8. The molecule has 0 bridgehead atoms. The van der Waals surface area contributed by atoms with Crippen molar-refractivity contribution in [3.05, 3.63) is 53.7 Å². The highest BCUT2D eigenvalue weighted by atomic mass is 19.1. The van der Waals surface area contributed by atoms with Gasteiger partial charge >= 0.3 is 0 Å². The number of nitrogens with zero attached hydrogens (tertiary/aromatic N) is 7. The zero-order valence-electron chi connectivity index (χ0n) is 18.0. The average molecular weight is 448 g/mol. The minimum Gasteiger partial charge on any atom is -0.367 e. The van der Waals surface area contributed by atoms with E-state index in [4.69, 9.17) is 10.8 Å². The summed E-state index contributed by atoms with van der Waals surface area (Å²) in [5.74, 6) is -0.460. The van der Waals surface area contributed by atoms with E-state index < -0.39 is 18.0 Å². The summed E-state index contributed by atoms with van der Waals surface area (Å²) in [7, 11) is 0. The van der Waals surface area contributed by atoms with E-state index in [9.17, 15) is 14.0 Å².